The number of hydrogen-bond donors (Lipinski definition) is 1. The molecular formula is C26H24N2OS. The number of nitrogens with one attached hydrogen (secondary N) is 1. The fraction of sp³-hybridized carbons (Fsp3) is 0.154. The second kappa shape index (κ2) is 8.64. The van der Waals surface area contributed by atoms with Gasteiger partial charge in [-0.25, -0.2) is 4.98 Å². The molecule has 1 heterocycles. The van der Waals surface area contributed by atoms with E-state index in [2.05, 4.69) is 67.5 Å². The van der Waals surface area contributed by atoms with E-state index in [0.29, 0.717) is 11.6 Å². The minimum atomic E-state index is -0.0549. The molecule has 1 aromatic heterocycles. The van der Waals surface area contributed by atoms with E-state index in [1.807, 2.05) is 35.7 Å². The fourth-order valence-corrected chi connectivity index (χ4v) is 4.54. The van der Waals surface area contributed by atoms with Gasteiger partial charge in [0.2, 0.25) is 5.91 Å². The number of aryl methyl sites for hydroxylation is 3. The number of anilines is 1. The van der Waals surface area contributed by atoms with Crippen LogP contribution in [0.15, 0.2) is 72.1 Å². The Kier molecular flexibility index (Phi) is 5.77. The summed E-state index contributed by atoms with van der Waals surface area (Å²) >= 11 is 1.46. The minimum Gasteiger partial charge on any atom is -0.302 e. The number of benzene rings is 3. The Balaban J connectivity index is 1.43. The van der Waals surface area contributed by atoms with Crippen molar-refractivity contribution in [2.45, 2.75) is 27.2 Å². The second-order valence-electron chi connectivity index (χ2n) is 7.60. The summed E-state index contributed by atoms with van der Waals surface area (Å²) in [4.78, 5) is 17.2. The summed E-state index contributed by atoms with van der Waals surface area (Å²) in [7, 11) is 0. The highest BCUT2D eigenvalue weighted by Gasteiger charge is 2.13. The molecule has 3 aromatic carbocycles. The van der Waals surface area contributed by atoms with Crippen LogP contribution in [0.3, 0.4) is 0 Å². The van der Waals surface area contributed by atoms with Gasteiger partial charge in [-0.3, -0.25) is 4.79 Å². The summed E-state index contributed by atoms with van der Waals surface area (Å²) in [6.07, 6.45) is 0.326. The maximum atomic E-state index is 12.5. The third-order valence-corrected chi connectivity index (χ3v) is 5.87. The van der Waals surface area contributed by atoms with Gasteiger partial charge in [-0.1, -0.05) is 72.3 Å². The molecule has 0 unspecified atom stereocenters. The van der Waals surface area contributed by atoms with Gasteiger partial charge in [0.1, 0.15) is 0 Å². The average Bonchev–Trinajstić information content (AvgIpc) is 3.16. The molecule has 0 atom stereocenters. The first kappa shape index (κ1) is 20.0. The summed E-state index contributed by atoms with van der Waals surface area (Å²) < 4.78 is 0. The molecule has 0 aliphatic heterocycles. The number of carbonyl (C=O) groups is 1. The maximum Gasteiger partial charge on any atom is 0.230 e. The number of hydrogen-bond acceptors (Lipinski definition) is 3. The number of aromatic nitrogens is 1. The largest absolute Gasteiger partial charge is 0.302 e. The van der Waals surface area contributed by atoms with Crippen molar-refractivity contribution in [2.75, 3.05) is 5.32 Å². The fourth-order valence-electron chi connectivity index (χ4n) is 3.82. The van der Waals surface area contributed by atoms with Crippen molar-refractivity contribution in [1.82, 2.24) is 4.98 Å². The molecule has 4 heteroatoms. The average molecular weight is 413 g/mol. The molecular weight excluding hydrogens is 388 g/mol. The van der Waals surface area contributed by atoms with Gasteiger partial charge >= 0.3 is 0 Å². The molecule has 0 aliphatic carbocycles. The molecule has 0 aliphatic rings. The van der Waals surface area contributed by atoms with Crippen LogP contribution in [0, 0.1) is 20.8 Å². The van der Waals surface area contributed by atoms with E-state index in [4.69, 9.17) is 0 Å². The first-order valence-electron chi connectivity index (χ1n) is 9.97. The first-order valence-corrected chi connectivity index (χ1v) is 10.9. The monoisotopic (exact) mass is 412 g/mol. The standard InChI is InChI=1S/C26H24N2OS/c1-17-13-18(2)25(19(3)14-17)23-16-30-26(27-23)28-24(29)15-20-9-11-22(12-10-20)21-7-5-4-6-8-21/h4-14,16H,15H2,1-3H3,(H,27,28,29). The van der Waals surface area contributed by atoms with Crippen LogP contribution in [-0.4, -0.2) is 10.9 Å². The summed E-state index contributed by atoms with van der Waals surface area (Å²) in [6.45, 7) is 6.31. The van der Waals surface area contributed by atoms with Crippen LogP contribution in [0.25, 0.3) is 22.4 Å². The van der Waals surface area contributed by atoms with Crippen LogP contribution in [0.2, 0.25) is 0 Å². The zero-order valence-electron chi connectivity index (χ0n) is 17.4. The predicted molar refractivity (Wildman–Crippen MR) is 126 cm³/mol. The van der Waals surface area contributed by atoms with Crippen LogP contribution < -0.4 is 5.32 Å². The zero-order chi connectivity index (χ0) is 21.1. The van der Waals surface area contributed by atoms with Crippen molar-refractivity contribution in [2.24, 2.45) is 0 Å². The van der Waals surface area contributed by atoms with Gasteiger partial charge < -0.3 is 5.32 Å². The normalized spacial score (nSPS) is 10.8. The maximum absolute atomic E-state index is 12.5. The van der Waals surface area contributed by atoms with Gasteiger partial charge in [-0.2, -0.15) is 0 Å². The van der Waals surface area contributed by atoms with Crippen LogP contribution >= 0.6 is 11.3 Å². The Morgan fingerprint density at radius 3 is 2.20 bits per heavy atom. The summed E-state index contributed by atoms with van der Waals surface area (Å²) in [5.74, 6) is -0.0549. The van der Waals surface area contributed by atoms with Crippen molar-refractivity contribution in [1.29, 1.82) is 0 Å². The van der Waals surface area contributed by atoms with E-state index in [0.717, 1.165) is 22.4 Å². The van der Waals surface area contributed by atoms with Gasteiger partial charge in [0.25, 0.3) is 0 Å². The second-order valence-corrected chi connectivity index (χ2v) is 8.46. The number of amides is 1. The Hall–Kier alpha value is -3.24. The van der Waals surface area contributed by atoms with E-state index in [1.54, 1.807) is 0 Å². The molecule has 150 valence electrons. The zero-order valence-corrected chi connectivity index (χ0v) is 18.2. The highest BCUT2D eigenvalue weighted by molar-refractivity contribution is 7.14. The summed E-state index contributed by atoms with van der Waals surface area (Å²) in [6, 6.07) is 22.7. The van der Waals surface area contributed by atoms with E-state index in [1.165, 1.54) is 33.6 Å². The van der Waals surface area contributed by atoms with Crippen LogP contribution in [-0.2, 0) is 11.2 Å². The SMILES string of the molecule is Cc1cc(C)c(-c2csc(NC(=O)Cc3ccc(-c4ccccc4)cc3)n2)c(C)c1. The van der Waals surface area contributed by atoms with Crippen molar-refractivity contribution >= 4 is 22.4 Å². The van der Waals surface area contributed by atoms with Crippen molar-refractivity contribution in [3.05, 3.63) is 94.4 Å². The van der Waals surface area contributed by atoms with Gasteiger partial charge in [0.15, 0.2) is 5.13 Å². The van der Waals surface area contributed by atoms with Crippen molar-refractivity contribution < 1.29 is 4.79 Å². The van der Waals surface area contributed by atoms with E-state index >= 15 is 0 Å². The molecule has 0 bridgehead atoms. The highest BCUT2D eigenvalue weighted by atomic mass is 32.1. The van der Waals surface area contributed by atoms with E-state index in [-0.39, 0.29) is 5.91 Å². The van der Waals surface area contributed by atoms with Gasteiger partial charge in [0, 0.05) is 10.9 Å². The Bertz CT molecular complexity index is 1150. The van der Waals surface area contributed by atoms with Crippen LogP contribution in [0.5, 0.6) is 0 Å². The van der Waals surface area contributed by atoms with Crippen molar-refractivity contribution in [3.8, 4) is 22.4 Å². The lowest BCUT2D eigenvalue weighted by Crippen LogP contribution is -2.14. The molecule has 0 spiro atoms. The molecule has 1 N–H and O–H groups in total. The highest BCUT2D eigenvalue weighted by Crippen LogP contribution is 2.31. The minimum absolute atomic E-state index is 0.0549. The summed E-state index contributed by atoms with van der Waals surface area (Å²) in [5, 5.41) is 5.59. The van der Waals surface area contributed by atoms with Gasteiger partial charge in [-0.05, 0) is 48.6 Å². The molecule has 1 amide bonds. The van der Waals surface area contributed by atoms with Crippen molar-refractivity contribution in [3.63, 3.8) is 0 Å². The number of nitrogens with zero attached hydrogens (tertiary/aromatic N) is 1. The van der Waals surface area contributed by atoms with Crippen LogP contribution in [0.1, 0.15) is 22.3 Å². The molecule has 3 nitrogen and oxygen atoms in total. The molecule has 4 aromatic rings. The Morgan fingerprint density at radius 2 is 1.53 bits per heavy atom. The molecule has 30 heavy (non-hydrogen) atoms. The third-order valence-electron chi connectivity index (χ3n) is 5.11. The van der Waals surface area contributed by atoms with E-state index in [9.17, 15) is 4.79 Å². The molecule has 4 rings (SSSR count). The lowest BCUT2D eigenvalue weighted by molar-refractivity contribution is -0.115. The lowest BCUT2D eigenvalue weighted by atomic mass is 9.98. The summed E-state index contributed by atoms with van der Waals surface area (Å²) in [5.41, 5.74) is 9.01. The number of thiazole rings is 1. The van der Waals surface area contributed by atoms with Crippen LogP contribution in [0.4, 0.5) is 5.13 Å². The molecule has 0 radical (unpaired) electrons. The smallest absolute Gasteiger partial charge is 0.230 e. The molecule has 0 saturated carbocycles. The Labute approximate surface area is 181 Å². The first-order chi connectivity index (χ1) is 14.5. The Morgan fingerprint density at radius 1 is 0.900 bits per heavy atom. The van der Waals surface area contributed by atoms with Gasteiger partial charge in [-0.15, -0.1) is 11.3 Å². The number of rotatable bonds is 5. The van der Waals surface area contributed by atoms with Gasteiger partial charge in [0.05, 0.1) is 12.1 Å². The topological polar surface area (TPSA) is 42.0 Å². The molecule has 0 saturated heterocycles. The lowest BCUT2D eigenvalue weighted by Gasteiger charge is -2.08. The third kappa shape index (κ3) is 4.50. The molecule has 0 fully saturated rings. The van der Waals surface area contributed by atoms with E-state index < -0.39 is 0 Å². The quantitative estimate of drug-likeness (QED) is 0.402. The number of carbonyl (C=O) groups excluding carboxylic acids is 1. The predicted octanol–water partition coefficient (Wildman–Crippen LogP) is 6.58.